The molecular formula is C13H18N2O3. The van der Waals surface area contributed by atoms with Gasteiger partial charge in [0.2, 0.25) is 5.91 Å². The van der Waals surface area contributed by atoms with Gasteiger partial charge >= 0.3 is 0 Å². The zero-order chi connectivity index (χ0) is 13.1. The Hall–Kier alpha value is -1.75. The molecule has 0 saturated carbocycles. The van der Waals surface area contributed by atoms with E-state index in [1.54, 1.807) is 19.1 Å². The first-order chi connectivity index (χ1) is 8.69. The summed E-state index contributed by atoms with van der Waals surface area (Å²) >= 11 is 0. The number of carbonyl (C=O) groups is 1. The highest BCUT2D eigenvalue weighted by atomic mass is 16.5. The molecule has 1 saturated heterocycles. The number of piperazine rings is 1. The lowest BCUT2D eigenvalue weighted by atomic mass is 10.1. The van der Waals surface area contributed by atoms with Crippen molar-refractivity contribution in [2.24, 2.45) is 0 Å². The largest absolute Gasteiger partial charge is 0.495 e. The predicted molar refractivity (Wildman–Crippen MR) is 68.9 cm³/mol. The van der Waals surface area contributed by atoms with E-state index in [0.717, 1.165) is 5.69 Å². The smallest absolute Gasteiger partial charge is 0.247 e. The van der Waals surface area contributed by atoms with E-state index in [4.69, 9.17) is 4.74 Å². The van der Waals surface area contributed by atoms with Gasteiger partial charge in [-0.2, -0.15) is 0 Å². The lowest BCUT2D eigenvalue weighted by Gasteiger charge is -2.40. The van der Waals surface area contributed by atoms with Crippen LogP contribution in [0.1, 0.15) is 0 Å². The summed E-state index contributed by atoms with van der Waals surface area (Å²) in [6.45, 7) is 1.14. The fourth-order valence-electron chi connectivity index (χ4n) is 2.24. The number of hydrogen-bond acceptors (Lipinski definition) is 4. The Bertz CT molecular complexity index is 436. The lowest BCUT2D eigenvalue weighted by molar-refractivity contribution is -0.133. The van der Waals surface area contributed by atoms with Crippen LogP contribution in [0.25, 0.3) is 0 Å². The monoisotopic (exact) mass is 250 g/mol. The van der Waals surface area contributed by atoms with Gasteiger partial charge in [-0.3, -0.25) is 4.79 Å². The topological polar surface area (TPSA) is 53.0 Å². The van der Waals surface area contributed by atoms with Gasteiger partial charge in [0, 0.05) is 20.1 Å². The van der Waals surface area contributed by atoms with Crippen molar-refractivity contribution >= 4 is 11.6 Å². The van der Waals surface area contributed by atoms with Crippen LogP contribution in [0.5, 0.6) is 5.75 Å². The van der Waals surface area contributed by atoms with Gasteiger partial charge in [-0.1, -0.05) is 12.1 Å². The fourth-order valence-corrected chi connectivity index (χ4v) is 2.24. The van der Waals surface area contributed by atoms with Crippen molar-refractivity contribution < 1.29 is 14.6 Å². The first-order valence-electron chi connectivity index (χ1n) is 5.94. The summed E-state index contributed by atoms with van der Waals surface area (Å²) in [5.41, 5.74) is 0.848. The Kier molecular flexibility index (Phi) is 3.72. The Morgan fingerprint density at radius 1 is 1.39 bits per heavy atom. The minimum absolute atomic E-state index is 0.0605. The Labute approximate surface area is 107 Å². The highest BCUT2D eigenvalue weighted by Crippen LogP contribution is 2.30. The normalized spacial score (nSPS) is 20.2. The Morgan fingerprint density at radius 2 is 2.11 bits per heavy atom. The van der Waals surface area contributed by atoms with Crippen LogP contribution < -0.4 is 9.64 Å². The van der Waals surface area contributed by atoms with Crippen molar-refractivity contribution in [2.75, 3.05) is 38.8 Å². The minimum atomic E-state index is -0.528. The second kappa shape index (κ2) is 5.27. The van der Waals surface area contributed by atoms with E-state index in [0.29, 0.717) is 18.8 Å². The number of aliphatic hydroxyl groups is 1. The number of amides is 1. The number of rotatable bonds is 3. The third kappa shape index (κ3) is 2.13. The molecule has 1 fully saturated rings. The molecule has 1 unspecified atom stereocenters. The number of anilines is 1. The lowest BCUT2D eigenvalue weighted by Crippen LogP contribution is -2.57. The summed E-state index contributed by atoms with van der Waals surface area (Å²) in [7, 11) is 3.36. The van der Waals surface area contributed by atoms with Gasteiger partial charge in [0.1, 0.15) is 11.8 Å². The van der Waals surface area contributed by atoms with Gasteiger partial charge < -0.3 is 19.6 Å². The van der Waals surface area contributed by atoms with E-state index in [1.807, 2.05) is 29.2 Å². The van der Waals surface area contributed by atoms with Gasteiger partial charge in [-0.25, -0.2) is 0 Å². The molecule has 1 aromatic rings. The van der Waals surface area contributed by atoms with Crippen LogP contribution >= 0.6 is 0 Å². The Morgan fingerprint density at radius 3 is 2.78 bits per heavy atom. The molecule has 1 amide bonds. The number of likely N-dealkylation sites (N-methyl/N-ethyl adjacent to an activating group) is 1. The molecule has 0 aliphatic carbocycles. The number of methoxy groups -OCH3 is 1. The molecule has 1 aromatic carbocycles. The molecule has 5 heteroatoms. The quantitative estimate of drug-likeness (QED) is 0.840. The summed E-state index contributed by atoms with van der Waals surface area (Å²) < 4.78 is 5.31. The van der Waals surface area contributed by atoms with Gasteiger partial charge in [-0.15, -0.1) is 0 Å². The van der Waals surface area contributed by atoms with E-state index >= 15 is 0 Å². The molecule has 0 bridgehead atoms. The predicted octanol–water partition coefficient (Wildman–Crippen LogP) is 0.334. The van der Waals surface area contributed by atoms with Gasteiger partial charge in [-0.05, 0) is 12.1 Å². The average molecular weight is 250 g/mol. The standard InChI is InChI=1S/C13H18N2O3/c1-14-7-8-15(11(9-16)13(14)17)10-5-3-4-6-12(10)18-2/h3-6,11,16H,7-9H2,1-2H3. The maximum Gasteiger partial charge on any atom is 0.247 e. The van der Waals surface area contributed by atoms with Gasteiger partial charge in [0.15, 0.2) is 0 Å². The van der Waals surface area contributed by atoms with Crippen LogP contribution in [0, 0.1) is 0 Å². The molecule has 0 spiro atoms. The molecule has 1 aliphatic heterocycles. The van der Waals surface area contributed by atoms with Crippen LogP contribution in [0.2, 0.25) is 0 Å². The molecule has 1 N–H and O–H groups in total. The zero-order valence-electron chi connectivity index (χ0n) is 10.7. The number of hydrogen-bond donors (Lipinski definition) is 1. The van der Waals surface area contributed by atoms with Crippen LogP contribution in [-0.2, 0) is 4.79 Å². The molecule has 5 nitrogen and oxygen atoms in total. The van der Waals surface area contributed by atoms with Crippen molar-refractivity contribution in [3.8, 4) is 5.75 Å². The highest BCUT2D eigenvalue weighted by Gasteiger charge is 2.33. The second-order valence-electron chi connectivity index (χ2n) is 4.32. The van der Waals surface area contributed by atoms with Gasteiger partial charge in [0.05, 0.1) is 19.4 Å². The number of aliphatic hydroxyl groups excluding tert-OH is 1. The first kappa shape index (κ1) is 12.7. The first-order valence-corrected chi connectivity index (χ1v) is 5.94. The average Bonchev–Trinajstić information content (AvgIpc) is 2.41. The van der Waals surface area contributed by atoms with Crippen molar-refractivity contribution in [1.82, 2.24) is 4.90 Å². The van der Waals surface area contributed by atoms with Crippen molar-refractivity contribution in [3.05, 3.63) is 24.3 Å². The van der Waals surface area contributed by atoms with E-state index in [-0.39, 0.29) is 12.5 Å². The maximum atomic E-state index is 12.0. The number of para-hydroxylation sites is 2. The summed E-state index contributed by atoms with van der Waals surface area (Å²) in [5.74, 6) is 0.656. The number of carbonyl (C=O) groups excluding carboxylic acids is 1. The molecule has 1 heterocycles. The van der Waals surface area contributed by atoms with Crippen LogP contribution in [0.15, 0.2) is 24.3 Å². The summed E-state index contributed by atoms with van der Waals surface area (Å²) in [6.07, 6.45) is 0. The number of nitrogens with zero attached hydrogens (tertiary/aromatic N) is 2. The summed E-state index contributed by atoms with van der Waals surface area (Å²) in [6, 6.07) is 7.01. The molecule has 0 radical (unpaired) electrons. The van der Waals surface area contributed by atoms with E-state index < -0.39 is 6.04 Å². The fraction of sp³-hybridized carbons (Fsp3) is 0.462. The van der Waals surface area contributed by atoms with Gasteiger partial charge in [0.25, 0.3) is 0 Å². The second-order valence-corrected chi connectivity index (χ2v) is 4.32. The van der Waals surface area contributed by atoms with Crippen molar-refractivity contribution in [2.45, 2.75) is 6.04 Å². The minimum Gasteiger partial charge on any atom is -0.495 e. The third-order valence-electron chi connectivity index (χ3n) is 3.28. The van der Waals surface area contributed by atoms with Crippen molar-refractivity contribution in [1.29, 1.82) is 0 Å². The van der Waals surface area contributed by atoms with Crippen LogP contribution in [0.3, 0.4) is 0 Å². The molecule has 0 aromatic heterocycles. The molecular weight excluding hydrogens is 232 g/mol. The van der Waals surface area contributed by atoms with Crippen molar-refractivity contribution in [3.63, 3.8) is 0 Å². The molecule has 98 valence electrons. The van der Waals surface area contributed by atoms with E-state index in [1.165, 1.54) is 0 Å². The third-order valence-corrected chi connectivity index (χ3v) is 3.28. The van der Waals surface area contributed by atoms with Crippen LogP contribution in [0.4, 0.5) is 5.69 Å². The Balaban J connectivity index is 2.34. The number of ether oxygens (including phenoxy) is 1. The van der Waals surface area contributed by atoms with E-state index in [2.05, 4.69) is 0 Å². The maximum absolute atomic E-state index is 12.0. The molecule has 1 aliphatic rings. The summed E-state index contributed by atoms with van der Waals surface area (Å²) in [5, 5.41) is 9.44. The van der Waals surface area contributed by atoms with E-state index in [9.17, 15) is 9.90 Å². The number of benzene rings is 1. The van der Waals surface area contributed by atoms with Crippen LogP contribution in [-0.4, -0.2) is 55.8 Å². The SMILES string of the molecule is COc1ccccc1N1CCN(C)C(=O)C1CO. The molecule has 1 atom stereocenters. The molecule has 2 rings (SSSR count). The molecule has 18 heavy (non-hydrogen) atoms. The highest BCUT2D eigenvalue weighted by molar-refractivity contribution is 5.87. The zero-order valence-corrected chi connectivity index (χ0v) is 10.7. The summed E-state index contributed by atoms with van der Waals surface area (Å²) in [4.78, 5) is 15.6.